The Balaban J connectivity index is 1.95. The Morgan fingerprint density at radius 1 is 1.05 bits per heavy atom. The molecule has 1 aliphatic heterocycles. The highest BCUT2D eigenvalue weighted by Gasteiger charge is 2.38. The lowest BCUT2D eigenvalue weighted by Crippen LogP contribution is -2.49. The van der Waals surface area contributed by atoms with E-state index < -0.39 is 0 Å². The average molecular weight is 296 g/mol. The minimum atomic E-state index is -0.0914. The molecular weight excluding hydrogens is 258 g/mol. The largest absolute Gasteiger partial charge is 0.391 e. The second kappa shape index (κ2) is 7.46. The molecule has 2 fully saturated rings. The van der Waals surface area contributed by atoms with Crippen LogP contribution in [0.1, 0.15) is 79.1 Å². The van der Waals surface area contributed by atoms with Crippen LogP contribution in [0.15, 0.2) is 0 Å². The molecule has 4 atom stereocenters. The number of aliphatic hydroxyl groups is 1. The van der Waals surface area contributed by atoms with E-state index >= 15 is 0 Å². The maximum absolute atomic E-state index is 10.5. The van der Waals surface area contributed by atoms with Crippen molar-refractivity contribution in [2.24, 2.45) is 17.3 Å². The van der Waals surface area contributed by atoms with E-state index in [-0.39, 0.29) is 6.10 Å². The SMILES string of the molecule is CCCC1CCCN(C2CC(C(C)(C)C)CCC2O)CC1. The molecule has 0 amide bonds. The van der Waals surface area contributed by atoms with Crippen LogP contribution in [-0.4, -0.2) is 35.2 Å². The summed E-state index contributed by atoms with van der Waals surface area (Å²) >= 11 is 0. The van der Waals surface area contributed by atoms with Gasteiger partial charge in [0, 0.05) is 6.04 Å². The number of aliphatic hydroxyl groups excluding tert-OH is 1. The predicted molar refractivity (Wildman–Crippen MR) is 90.4 cm³/mol. The van der Waals surface area contributed by atoms with E-state index in [9.17, 15) is 5.11 Å². The molecule has 124 valence electrons. The Bertz CT molecular complexity index is 309. The van der Waals surface area contributed by atoms with Gasteiger partial charge in [0.05, 0.1) is 6.10 Å². The summed E-state index contributed by atoms with van der Waals surface area (Å²) in [4.78, 5) is 2.64. The molecule has 0 bridgehead atoms. The van der Waals surface area contributed by atoms with Crippen molar-refractivity contribution in [3.63, 3.8) is 0 Å². The fourth-order valence-corrected chi connectivity index (χ4v) is 4.53. The van der Waals surface area contributed by atoms with Gasteiger partial charge in [-0.3, -0.25) is 4.90 Å². The molecule has 1 aliphatic carbocycles. The smallest absolute Gasteiger partial charge is 0.0695 e. The van der Waals surface area contributed by atoms with Gasteiger partial charge in [-0.2, -0.15) is 0 Å². The molecule has 0 radical (unpaired) electrons. The molecule has 2 rings (SSSR count). The number of likely N-dealkylation sites (tertiary alicyclic amines) is 1. The fraction of sp³-hybridized carbons (Fsp3) is 1.00. The lowest BCUT2D eigenvalue weighted by atomic mass is 9.70. The molecular formula is C19H37NO. The van der Waals surface area contributed by atoms with E-state index in [4.69, 9.17) is 0 Å². The van der Waals surface area contributed by atoms with Crippen LogP contribution >= 0.6 is 0 Å². The minimum Gasteiger partial charge on any atom is -0.391 e. The van der Waals surface area contributed by atoms with E-state index in [1.165, 1.54) is 58.0 Å². The fourth-order valence-electron chi connectivity index (χ4n) is 4.53. The first-order valence-corrected chi connectivity index (χ1v) is 9.34. The van der Waals surface area contributed by atoms with Crippen LogP contribution in [0.3, 0.4) is 0 Å². The maximum atomic E-state index is 10.5. The highest BCUT2D eigenvalue weighted by atomic mass is 16.3. The molecule has 2 aliphatic rings. The molecule has 21 heavy (non-hydrogen) atoms. The van der Waals surface area contributed by atoms with E-state index in [1.54, 1.807) is 0 Å². The van der Waals surface area contributed by atoms with Gasteiger partial charge in [0.1, 0.15) is 0 Å². The molecule has 1 saturated carbocycles. The zero-order valence-electron chi connectivity index (χ0n) is 14.8. The topological polar surface area (TPSA) is 23.5 Å². The third kappa shape index (κ3) is 4.69. The van der Waals surface area contributed by atoms with Gasteiger partial charge in [-0.15, -0.1) is 0 Å². The van der Waals surface area contributed by atoms with Crippen molar-refractivity contribution in [3.05, 3.63) is 0 Å². The summed E-state index contributed by atoms with van der Waals surface area (Å²) in [6, 6.07) is 0.420. The van der Waals surface area contributed by atoms with Gasteiger partial charge >= 0.3 is 0 Å². The van der Waals surface area contributed by atoms with Gasteiger partial charge in [0.25, 0.3) is 0 Å². The summed E-state index contributed by atoms with van der Waals surface area (Å²) in [6.07, 6.45) is 10.1. The molecule has 1 saturated heterocycles. The quantitative estimate of drug-likeness (QED) is 0.830. The Hall–Kier alpha value is -0.0800. The van der Waals surface area contributed by atoms with Crippen LogP contribution < -0.4 is 0 Å². The van der Waals surface area contributed by atoms with Crippen molar-refractivity contribution in [1.29, 1.82) is 0 Å². The molecule has 2 nitrogen and oxygen atoms in total. The summed E-state index contributed by atoms with van der Waals surface area (Å²) < 4.78 is 0. The molecule has 1 N–H and O–H groups in total. The molecule has 2 heteroatoms. The molecule has 0 aromatic rings. The first-order chi connectivity index (χ1) is 9.91. The van der Waals surface area contributed by atoms with Crippen molar-refractivity contribution < 1.29 is 5.11 Å². The van der Waals surface area contributed by atoms with Crippen LogP contribution in [0.2, 0.25) is 0 Å². The normalized spacial score (nSPS) is 36.4. The van der Waals surface area contributed by atoms with Crippen molar-refractivity contribution in [3.8, 4) is 0 Å². The zero-order chi connectivity index (χ0) is 15.5. The maximum Gasteiger partial charge on any atom is 0.0695 e. The summed E-state index contributed by atoms with van der Waals surface area (Å²) in [6.45, 7) is 11.8. The molecule has 1 heterocycles. The van der Waals surface area contributed by atoms with Crippen LogP contribution in [0, 0.1) is 17.3 Å². The number of nitrogens with zero attached hydrogens (tertiary/aromatic N) is 1. The van der Waals surface area contributed by atoms with E-state index in [0.717, 1.165) is 18.3 Å². The predicted octanol–water partition coefficient (Wildman–Crippen LogP) is 4.46. The second-order valence-electron chi connectivity index (χ2n) is 8.63. The second-order valence-corrected chi connectivity index (χ2v) is 8.63. The Morgan fingerprint density at radius 2 is 1.81 bits per heavy atom. The summed E-state index contributed by atoms with van der Waals surface area (Å²) in [7, 11) is 0. The van der Waals surface area contributed by atoms with Crippen LogP contribution in [-0.2, 0) is 0 Å². The van der Waals surface area contributed by atoms with Crippen molar-refractivity contribution in [2.45, 2.75) is 91.2 Å². The van der Waals surface area contributed by atoms with Gasteiger partial charge in [-0.1, -0.05) is 40.5 Å². The average Bonchev–Trinajstić information content (AvgIpc) is 2.64. The standard InChI is InChI=1S/C19H37NO/c1-5-7-15-8-6-12-20(13-11-15)17-14-16(19(2,3)4)9-10-18(17)21/h15-18,21H,5-14H2,1-4H3. The summed E-state index contributed by atoms with van der Waals surface area (Å²) in [5.74, 6) is 1.69. The highest BCUT2D eigenvalue weighted by molar-refractivity contribution is 4.91. The number of rotatable bonds is 3. The van der Waals surface area contributed by atoms with Crippen LogP contribution in [0.5, 0.6) is 0 Å². The zero-order valence-corrected chi connectivity index (χ0v) is 14.8. The molecule has 0 spiro atoms. The molecule has 4 unspecified atom stereocenters. The Morgan fingerprint density at radius 3 is 2.48 bits per heavy atom. The molecule has 0 aromatic heterocycles. The van der Waals surface area contributed by atoms with E-state index in [0.29, 0.717) is 11.5 Å². The van der Waals surface area contributed by atoms with Crippen molar-refractivity contribution in [1.82, 2.24) is 4.90 Å². The van der Waals surface area contributed by atoms with E-state index in [2.05, 4.69) is 32.6 Å². The number of hydrogen-bond acceptors (Lipinski definition) is 2. The minimum absolute atomic E-state index is 0.0914. The van der Waals surface area contributed by atoms with Crippen molar-refractivity contribution in [2.75, 3.05) is 13.1 Å². The highest BCUT2D eigenvalue weighted by Crippen LogP contribution is 2.40. The first kappa shape index (κ1) is 17.3. The van der Waals surface area contributed by atoms with E-state index in [1.807, 2.05) is 0 Å². The monoisotopic (exact) mass is 295 g/mol. The lowest BCUT2D eigenvalue weighted by Gasteiger charge is -2.44. The lowest BCUT2D eigenvalue weighted by molar-refractivity contribution is -0.0162. The molecule has 0 aromatic carbocycles. The van der Waals surface area contributed by atoms with Gasteiger partial charge < -0.3 is 5.11 Å². The Labute approximate surface area is 132 Å². The van der Waals surface area contributed by atoms with Crippen LogP contribution in [0.25, 0.3) is 0 Å². The summed E-state index contributed by atoms with van der Waals surface area (Å²) in [5.41, 5.74) is 0.384. The first-order valence-electron chi connectivity index (χ1n) is 9.34. The van der Waals surface area contributed by atoms with Gasteiger partial charge in [0.15, 0.2) is 0 Å². The Kier molecular flexibility index (Phi) is 6.14. The van der Waals surface area contributed by atoms with Crippen LogP contribution in [0.4, 0.5) is 0 Å². The summed E-state index contributed by atoms with van der Waals surface area (Å²) in [5, 5.41) is 10.5. The van der Waals surface area contributed by atoms with Gasteiger partial charge in [-0.05, 0) is 68.9 Å². The number of hydrogen-bond donors (Lipinski definition) is 1. The van der Waals surface area contributed by atoms with Crippen molar-refractivity contribution >= 4 is 0 Å². The van der Waals surface area contributed by atoms with Gasteiger partial charge in [-0.25, -0.2) is 0 Å². The third-order valence-electron chi connectivity index (χ3n) is 6.05. The van der Waals surface area contributed by atoms with Gasteiger partial charge in [0.2, 0.25) is 0 Å². The third-order valence-corrected chi connectivity index (χ3v) is 6.05.